The van der Waals surface area contributed by atoms with Gasteiger partial charge < -0.3 is 14.8 Å². The lowest BCUT2D eigenvalue weighted by Crippen LogP contribution is -2.24. The zero-order valence-corrected chi connectivity index (χ0v) is 19.6. The third-order valence-electron chi connectivity index (χ3n) is 5.45. The van der Waals surface area contributed by atoms with Crippen molar-refractivity contribution in [3.63, 3.8) is 0 Å². The Morgan fingerprint density at radius 2 is 1.91 bits per heavy atom. The minimum Gasteiger partial charge on any atom is -0.493 e. The Kier molecular flexibility index (Phi) is 6.53. The van der Waals surface area contributed by atoms with Crippen LogP contribution < -0.4 is 14.8 Å². The number of nitrogens with one attached hydrogen (secondary N) is 1. The van der Waals surface area contributed by atoms with Gasteiger partial charge in [-0.1, -0.05) is 43.7 Å². The summed E-state index contributed by atoms with van der Waals surface area (Å²) in [6, 6.07) is 13.9. The summed E-state index contributed by atoms with van der Waals surface area (Å²) in [5.41, 5.74) is 1.18. The van der Waals surface area contributed by atoms with Gasteiger partial charge in [0, 0.05) is 28.2 Å². The predicted molar refractivity (Wildman–Crippen MR) is 125 cm³/mol. The smallest absolute Gasteiger partial charge is 0.225 e. The molecule has 0 saturated carbocycles. The Morgan fingerprint density at radius 3 is 2.62 bits per heavy atom. The number of unbranched alkanes of at least 4 members (excludes halogenated alkanes) is 1. The van der Waals surface area contributed by atoms with E-state index in [2.05, 4.69) is 12.2 Å². The largest absolute Gasteiger partial charge is 0.493 e. The predicted octanol–water partition coefficient (Wildman–Crippen LogP) is 5.24. The highest BCUT2D eigenvalue weighted by Crippen LogP contribution is 2.49. The number of hydrogen-bond donors (Lipinski definition) is 1. The molecule has 168 valence electrons. The summed E-state index contributed by atoms with van der Waals surface area (Å²) in [6.45, 7) is 2.62. The number of sulfone groups is 1. The van der Waals surface area contributed by atoms with Gasteiger partial charge in [0.25, 0.3) is 0 Å². The monoisotopic (exact) mass is 471 g/mol. The maximum Gasteiger partial charge on any atom is 0.225 e. The maximum atomic E-state index is 13.3. The molecule has 32 heavy (non-hydrogen) atoms. The molecular formula is C24H25NO5S2. The maximum absolute atomic E-state index is 13.3. The summed E-state index contributed by atoms with van der Waals surface area (Å²) in [7, 11) is -2.18. The zero-order chi connectivity index (χ0) is 22.7. The first-order valence-corrected chi connectivity index (χ1v) is 12.8. The molecule has 2 heterocycles. The number of rotatable bonds is 8. The van der Waals surface area contributed by atoms with Crippen molar-refractivity contribution in [2.24, 2.45) is 0 Å². The van der Waals surface area contributed by atoms with Crippen molar-refractivity contribution in [3.8, 4) is 11.5 Å². The standard InChI is InChI=1S/C24H25NO5S2/c1-3-4-13-30-23-17(11-8-12-19(23)29-2)18-14-21(26)25-22-20(15-31-24(18)22)32(27,28)16-9-6-5-7-10-16/h5-12,15,18H,3-4,13-14H2,1-2H3,(H,25,26)/t18-/m0/s1. The molecular weight excluding hydrogens is 446 g/mol. The molecule has 0 unspecified atom stereocenters. The van der Waals surface area contributed by atoms with E-state index in [1.54, 1.807) is 42.8 Å². The summed E-state index contributed by atoms with van der Waals surface area (Å²) in [6.07, 6.45) is 2.09. The summed E-state index contributed by atoms with van der Waals surface area (Å²) in [5.74, 6) is 0.651. The fourth-order valence-electron chi connectivity index (χ4n) is 3.82. The van der Waals surface area contributed by atoms with Gasteiger partial charge in [-0.2, -0.15) is 0 Å². The van der Waals surface area contributed by atoms with E-state index in [4.69, 9.17) is 9.47 Å². The zero-order valence-electron chi connectivity index (χ0n) is 18.0. The quantitative estimate of drug-likeness (QED) is 0.454. The van der Waals surface area contributed by atoms with Crippen molar-refractivity contribution in [1.29, 1.82) is 0 Å². The van der Waals surface area contributed by atoms with Gasteiger partial charge in [0.2, 0.25) is 15.7 Å². The average molecular weight is 472 g/mol. The Balaban J connectivity index is 1.81. The number of carbonyl (C=O) groups excluding carboxylic acids is 1. The molecule has 1 aromatic heterocycles. The molecule has 0 fully saturated rings. The van der Waals surface area contributed by atoms with Gasteiger partial charge >= 0.3 is 0 Å². The molecule has 1 atom stereocenters. The van der Waals surface area contributed by atoms with Crippen LogP contribution >= 0.6 is 11.3 Å². The first kappa shape index (κ1) is 22.4. The van der Waals surface area contributed by atoms with Crippen molar-refractivity contribution in [2.45, 2.75) is 41.9 Å². The van der Waals surface area contributed by atoms with Crippen LogP contribution in [-0.4, -0.2) is 28.0 Å². The van der Waals surface area contributed by atoms with Crippen LogP contribution in [0, 0.1) is 0 Å². The average Bonchev–Trinajstić information content (AvgIpc) is 3.24. The van der Waals surface area contributed by atoms with Gasteiger partial charge in [-0.05, 0) is 24.6 Å². The number of methoxy groups -OCH3 is 1. The lowest BCUT2D eigenvalue weighted by atomic mass is 9.89. The van der Waals surface area contributed by atoms with Gasteiger partial charge in [-0.15, -0.1) is 11.3 Å². The third kappa shape index (κ3) is 4.12. The molecule has 2 aromatic carbocycles. The van der Waals surface area contributed by atoms with E-state index in [0.717, 1.165) is 23.3 Å². The fraction of sp³-hybridized carbons (Fsp3) is 0.292. The van der Waals surface area contributed by atoms with Crippen LogP contribution in [0.5, 0.6) is 11.5 Å². The lowest BCUT2D eigenvalue weighted by molar-refractivity contribution is -0.116. The van der Waals surface area contributed by atoms with Crippen LogP contribution in [0.3, 0.4) is 0 Å². The van der Waals surface area contributed by atoms with Crippen molar-refractivity contribution in [1.82, 2.24) is 0 Å². The van der Waals surface area contributed by atoms with Crippen LogP contribution in [0.4, 0.5) is 5.69 Å². The molecule has 0 spiro atoms. The van der Waals surface area contributed by atoms with Crippen molar-refractivity contribution in [2.75, 3.05) is 19.0 Å². The Morgan fingerprint density at radius 1 is 1.12 bits per heavy atom. The number of fused-ring (bicyclic) bond motifs is 1. The van der Waals surface area contributed by atoms with Crippen LogP contribution in [0.25, 0.3) is 0 Å². The second kappa shape index (κ2) is 9.34. The first-order valence-electron chi connectivity index (χ1n) is 10.5. The van der Waals surface area contributed by atoms with Crippen LogP contribution in [0.2, 0.25) is 0 Å². The molecule has 4 rings (SSSR count). The fourth-order valence-corrected chi connectivity index (χ4v) is 6.74. The van der Waals surface area contributed by atoms with Gasteiger partial charge in [0.05, 0.1) is 24.3 Å². The molecule has 1 aliphatic heterocycles. The van der Waals surface area contributed by atoms with Crippen molar-refractivity contribution < 1.29 is 22.7 Å². The molecule has 0 saturated heterocycles. The molecule has 1 N–H and O–H groups in total. The highest BCUT2D eigenvalue weighted by Gasteiger charge is 2.36. The van der Waals surface area contributed by atoms with Crippen LogP contribution in [0.1, 0.15) is 42.5 Å². The normalized spacial score (nSPS) is 15.7. The number of amides is 1. The topological polar surface area (TPSA) is 81.7 Å². The van der Waals surface area contributed by atoms with Gasteiger partial charge in [0.1, 0.15) is 4.90 Å². The van der Waals surface area contributed by atoms with E-state index >= 15 is 0 Å². The summed E-state index contributed by atoms with van der Waals surface area (Å²) in [5, 5.41) is 4.42. The molecule has 3 aromatic rings. The number of thiophene rings is 1. The minimum atomic E-state index is -3.77. The highest BCUT2D eigenvalue weighted by atomic mass is 32.2. The van der Waals surface area contributed by atoms with Gasteiger partial charge in [-0.3, -0.25) is 4.79 Å². The number of para-hydroxylation sites is 1. The Hall–Kier alpha value is -2.84. The van der Waals surface area contributed by atoms with E-state index in [9.17, 15) is 13.2 Å². The van der Waals surface area contributed by atoms with E-state index in [-0.39, 0.29) is 28.0 Å². The number of benzene rings is 2. The SMILES string of the molecule is CCCCOc1c(OC)cccc1[C@@H]1CC(=O)Nc2c(S(=O)(=O)c3ccccc3)csc21. The molecule has 6 nitrogen and oxygen atoms in total. The first-order chi connectivity index (χ1) is 15.5. The second-order valence-corrected chi connectivity index (χ2v) is 10.4. The number of anilines is 1. The van der Waals surface area contributed by atoms with E-state index < -0.39 is 9.84 Å². The minimum absolute atomic E-state index is 0.123. The van der Waals surface area contributed by atoms with E-state index in [1.807, 2.05) is 18.2 Å². The molecule has 1 amide bonds. The highest BCUT2D eigenvalue weighted by molar-refractivity contribution is 7.91. The molecule has 0 bridgehead atoms. The van der Waals surface area contributed by atoms with Crippen molar-refractivity contribution in [3.05, 3.63) is 64.4 Å². The molecule has 1 aliphatic rings. The summed E-state index contributed by atoms with van der Waals surface area (Å²) in [4.78, 5) is 13.8. The van der Waals surface area contributed by atoms with Gasteiger partial charge in [0.15, 0.2) is 11.5 Å². The van der Waals surface area contributed by atoms with Crippen molar-refractivity contribution >= 4 is 32.8 Å². The molecule has 8 heteroatoms. The van der Waals surface area contributed by atoms with E-state index in [0.29, 0.717) is 23.8 Å². The number of carbonyl (C=O) groups is 1. The number of hydrogen-bond acceptors (Lipinski definition) is 6. The van der Waals surface area contributed by atoms with Crippen LogP contribution in [0.15, 0.2) is 63.7 Å². The summed E-state index contributed by atoms with van der Waals surface area (Å²) < 4.78 is 38.1. The molecule has 0 aliphatic carbocycles. The Labute approximate surface area is 192 Å². The lowest BCUT2D eigenvalue weighted by Gasteiger charge is -2.26. The molecule has 0 radical (unpaired) electrons. The van der Waals surface area contributed by atoms with Gasteiger partial charge in [-0.25, -0.2) is 8.42 Å². The van der Waals surface area contributed by atoms with E-state index in [1.165, 1.54) is 11.3 Å². The number of ether oxygens (including phenoxy) is 2. The Bertz CT molecular complexity index is 1220. The second-order valence-electron chi connectivity index (χ2n) is 7.54. The summed E-state index contributed by atoms with van der Waals surface area (Å²) >= 11 is 1.34. The third-order valence-corrected chi connectivity index (χ3v) is 8.49. The van der Waals surface area contributed by atoms with Crippen LogP contribution in [-0.2, 0) is 14.6 Å².